The van der Waals surface area contributed by atoms with Crippen molar-refractivity contribution >= 4 is 28.6 Å². The van der Waals surface area contributed by atoms with Gasteiger partial charge in [-0.15, -0.1) is 0 Å². The van der Waals surface area contributed by atoms with Crippen LogP contribution in [0.15, 0.2) is 52.9 Å². The molecule has 0 spiro atoms. The number of Topliss-reactive ketones (excluding diaryl/α,β-unsaturated/α-hetero) is 1. The maximum atomic E-state index is 12.3. The van der Waals surface area contributed by atoms with Crippen molar-refractivity contribution in [2.75, 3.05) is 20.3 Å². The minimum atomic E-state index is -0.719. The Morgan fingerprint density at radius 3 is 2.43 bits per heavy atom. The first kappa shape index (κ1) is 19.2. The molecule has 0 fully saturated rings. The van der Waals surface area contributed by atoms with E-state index in [4.69, 9.17) is 13.9 Å². The van der Waals surface area contributed by atoms with Crippen LogP contribution in [0.4, 0.5) is 0 Å². The molecule has 1 aromatic heterocycles. The van der Waals surface area contributed by atoms with E-state index in [1.54, 1.807) is 37.3 Å². The van der Waals surface area contributed by atoms with E-state index in [2.05, 4.69) is 5.32 Å². The third kappa shape index (κ3) is 4.20. The van der Waals surface area contributed by atoms with E-state index in [0.717, 1.165) is 5.39 Å². The van der Waals surface area contributed by atoms with Crippen LogP contribution in [0, 0.1) is 6.92 Å². The third-order valence-electron chi connectivity index (χ3n) is 4.21. The molecule has 0 atom stereocenters. The Morgan fingerprint density at radius 1 is 1.04 bits per heavy atom. The second-order valence-corrected chi connectivity index (χ2v) is 6.05. The number of fused-ring (bicyclic) bond motifs is 1. The maximum Gasteiger partial charge on any atom is 0.325 e. The number of rotatable bonds is 7. The van der Waals surface area contributed by atoms with Gasteiger partial charge in [0.05, 0.1) is 7.11 Å². The average molecular weight is 381 g/mol. The van der Waals surface area contributed by atoms with Gasteiger partial charge in [0, 0.05) is 16.5 Å². The highest BCUT2D eigenvalue weighted by molar-refractivity contribution is 6.01. The lowest BCUT2D eigenvalue weighted by molar-refractivity contribution is -0.141. The van der Waals surface area contributed by atoms with Crippen LogP contribution in [0.1, 0.15) is 26.5 Å². The lowest BCUT2D eigenvalue weighted by atomic mass is 10.1. The first-order chi connectivity index (χ1) is 13.5. The number of aryl methyl sites for hydroxylation is 1. The zero-order valence-electron chi connectivity index (χ0n) is 15.5. The number of hydrogen-bond acceptors (Lipinski definition) is 6. The monoisotopic (exact) mass is 381 g/mol. The second-order valence-electron chi connectivity index (χ2n) is 6.05. The van der Waals surface area contributed by atoms with Crippen LogP contribution in [-0.2, 0) is 9.53 Å². The molecule has 0 bridgehead atoms. The summed E-state index contributed by atoms with van der Waals surface area (Å²) in [5.74, 6) is -0.807. The molecule has 7 nitrogen and oxygen atoms in total. The van der Waals surface area contributed by atoms with Crippen LogP contribution in [0.5, 0.6) is 5.75 Å². The molecule has 3 aromatic rings. The van der Waals surface area contributed by atoms with E-state index in [1.807, 2.05) is 18.2 Å². The summed E-state index contributed by atoms with van der Waals surface area (Å²) in [6.07, 6.45) is 0. The fourth-order valence-corrected chi connectivity index (χ4v) is 2.70. The van der Waals surface area contributed by atoms with Gasteiger partial charge in [0.1, 0.15) is 17.9 Å². The number of ketones is 1. The summed E-state index contributed by atoms with van der Waals surface area (Å²) in [6, 6.07) is 13.7. The Kier molecular flexibility index (Phi) is 5.74. The largest absolute Gasteiger partial charge is 0.497 e. The summed E-state index contributed by atoms with van der Waals surface area (Å²) >= 11 is 0. The van der Waals surface area contributed by atoms with Gasteiger partial charge in [-0.3, -0.25) is 14.4 Å². The van der Waals surface area contributed by atoms with Crippen LogP contribution < -0.4 is 10.1 Å². The number of para-hydroxylation sites is 1. The molecule has 0 saturated heterocycles. The predicted octanol–water partition coefficient (Wildman–Crippen LogP) is 2.91. The van der Waals surface area contributed by atoms with Gasteiger partial charge in [-0.05, 0) is 37.3 Å². The molecule has 0 aliphatic carbocycles. The minimum Gasteiger partial charge on any atom is -0.497 e. The number of ether oxygens (including phenoxy) is 2. The molecule has 3 rings (SSSR count). The van der Waals surface area contributed by atoms with Gasteiger partial charge < -0.3 is 19.2 Å². The van der Waals surface area contributed by atoms with Crippen LogP contribution in [0.25, 0.3) is 11.0 Å². The average Bonchev–Trinajstić information content (AvgIpc) is 3.07. The molecule has 7 heteroatoms. The highest BCUT2D eigenvalue weighted by atomic mass is 16.5. The van der Waals surface area contributed by atoms with Gasteiger partial charge in [0.15, 0.2) is 12.4 Å². The van der Waals surface area contributed by atoms with E-state index in [9.17, 15) is 14.4 Å². The minimum absolute atomic E-state index is 0.163. The molecule has 0 saturated carbocycles. The number of methoxy groups -OCH3 is 1. The number of amides is 1. The Balaban J connectivity index is 1.51. The van der Waals surface area contributed by atoms with Crippen LogP contribution in [0.2, 0.25) is 0 Å². The van der Waals surface area contributed by atoms with Gasteiger partial charge in [-0.25, -0.2) is 0 Å². The predicted molar refractivity (Wildman–Crippen MR) is 102 cm³/mol. The Morgan fingerprint density at radius 2 is 1.75 bits per heavy atom. The van der Waals surface area contributed by atoms with Crippen molar-refractivity contribution in [2.45, 2.75) is 6.92 Å². The summed E-state index contributed by atoms with van der Waals surface area (Å²) in [5.41, 5.74) is 1.67. The highest BCUT2D eigenvalue weighted by Crippen LogP contribution is 2.25. The summed E-state index contributed by atoms with van der Waals surface area (Å²) in [6.45, 7) is 0.963. The first-order valence-corrected chi connectivity index (χ1v) is 8.59. The van der Waals surface area contributed by atoms with Crippen molar-refractivity contribution < 1.29 is 28.3 Å². The molecule has 1 amide bonds. The van der Waals surface area contributed by atoms with Crippen LogP contribution in [0.3, 0.4) is 0 Å². The van der Waals surface area contributed by atoms with Crippen LogP contribution >= 0.6 is 0 Å². The van der Waals surface area contributed by atoms with E-state index in [0.29, 0.717) is 22.5 Å². The third-order valence-corrected chi connectivity index (χ3v) is 4.21. The normalized spacial score (nSPS) is 10.5. The number of hydrogen-bond donors (Lipinski definition) is 1. The zero-order chi connectivity index (χ0) is 20.1. The molecule has 144 valence electrons. The van der Waals surface area contributed by atoms with E-state index in [-0.39, 0.29) is 12.3 Å². The highest BCUT2D eigenvalue weighted by Gasteiger charge is 2.19. The molecule has 0 unspecified atom stereocenters. The molecular weight excluding hydrogens is 362 g/mol. The number of furan rings is 1. The quantitative estimate of drug-likeness (QED) is 0.499. The zero-order valence-corrected chi connectivity index (χ0v) is 15.5. The fourth-order valence-electron chi connectivity index (χ4n) is 2.70. The number of carbonyl (C=O) groups is 3. The summed E-state index contributed by atoms with van der Waals surface area (Å²) in [5, 5.41) is 3.28. The molecule has 28 heavy (non-hydrogen) atoms. The van der Waals surface area contributed by atoms with Crippen molar-refractivity contribution in [3.8, 4) is 5.75 Å². The van der Waals surface area contributed by atoms with Crippen molar-refractivity contribution in [1.29, 1.82) is 0 Å². The van der Waals surface area contributed by atoms with Crippen molar-refractivity contribution in [2.24, 2.45) is 0 Å². The summed E-state index contributed by atoms with van der Waals surface area (Å²) in [7, 11) is 1.53. The van der Waals surface area contributed by atoms with Crippen molar-refractivity contribution in [3.63, 3.8) is 0 Å². The van der Waals surface area contributed by atoms with Gasteiger partial charge in [0.2, 0.25) is 5.78 Å². The first-order valence-electron chi connectivity index (χ1n) is 8.59. The van der Waals surface area contributed by atoms with Crippen molar-refractivity contribution in [1.82, 2.24) is 5.32 Å². The molecule has 0 radical (unpaired) electrons. The van der Waals surface area contributed by atoms with Crippen LogP contribution in [-0.4, -0.2) is 37.9 Å². The second kappa shape index (κ2) is 8.39. The van der Waals surface area contributed by atoms with Gasteiger partial charge in [-0.2, -0.15) is 0 Å². The van der Waals surface area contributed by atoms with Gasteiger partial charge in [0.25, 0.3) is 5.91 Å². The maximum absolute atomic E-state index is 12.3. The summed E-state index contributed by atoms with van der Waals surface area (Å²) in [4.78, 5) is 36.1. The molecule has 2 aromatic carbocycles. The smallest absolute Gasteiger partial charge is 0.325 e. The lowest BCUT2D eigenvalue weighted by Crippen LogP contribution is -2.31. The molecule has 0 aliphatic heterocycles. The Labute approximate surface area is 161 Å². The van der Waals surface area contributed by atoms with E-state index >= 15 is 0 Å². The Hall–Kier alpha value is -3.61. The number of nitrogens with one attached hydrogen (secondary N) is 1. The number of benzene rings is 2. The lowest BCUT2D eigenvalue weighted by Gasteiger charge is -2.06. The molecule has 0 aliphatic rings. The topological polar surface area (TPSA) is 94.8 Å². The van der Waals surface area contributed by atoms with E-state index in [1.165, 1.54) is 7.11 Å². The molecular formula is C21H19NO6. The van der Waals surface area contributed by atoms with Gasteiger partial charge in [-0.1, -0.05) is 18.2 Å². The molecule has 1 N–H and O–H groups in total. The SMILES string of the molecule is COc1ccc(C(=O)NCC(=O)OCC(=O)c2oc3ccccc3c2C)cc1. The molecule has 1 heterocycles. The Bertz CT molecular complexity index is 1020. The summed E-state index contributed by atoms with van der Waals surface area (Å²) < 4.78 is 15.5. The standard InChI is InChI=1S/C21H19NO6/c1-13-16-5-3-4-6-18(16)28-20(13)17(23)12-27-19(24)11-22-21(25)14-7-9-15(26-2)10-8-14/h3-10H,11-12H2,1-2H3,(H,22,25). The van der Waals surface area contributed by atoms with E-state index < -0.39 is 24.3 Å². The fraction of sp³-hybridized carbons (Fsp3) is 0.190. The number of esters is 1. The van der Waals surface area contributed by atoms with Gasteiger partial charge >= 0.3 is 5.97 Å². The number of carbonyl (C=O) groups excluding carboxylic acids is 3. The van der Waals surface area contributed by atoms with Crippen molar-refractivity contribution in [3.05, 3.63) is 65.4 Å².